The predicted octanol–water partition coefficient (Wildman–Crippen LogP) is -1.18. The molecule has 94 valence electrons. The highest BCUT2D eigenvalue weighted by Gasteiger charge is 1.99. The summed E-state index contributed by atoms with van der Waals surface area (Å²) < 4.78 is 9.30. The Labute approximate surface area is 94.6 Å². The van der Waals surface area contributed by atoms with Gasteiger partial charge in [-0.2, -0.15) is 0 Å². The van der Waals surface area contributed by atoms with Crippen molar-refractivity contribution in [2.45, 2.75) is 6.42 Å². The second-order valence-electron chi connectivity index (χ2n) is 3.04. The Morgan fingerprint density at radius 1 is 1.25 bits per heavy atom. The minimum Gasteiger partial charge on any atom is -0.448 e. The minimum absolute atomic E-state index is 0.102. The number of carbonyl (C=O) groups is 2. The third kappa shape index (κ3) is 10.7. The van der Waals surface area contributed by atoms with Gasteiger partial charge in [-0.15, -0.1) is 0 Å². The molecule has 16 heavy (non-hydrogen) atoms. The summed E-state index contributed by atoms with van der Waals surface area (Å²) in [6.45, 7) is 1.96. The van der Waals surface area contributed by atoms with Crippen LogP contribution in [0.5, 0.6) is 0 Å². The van der Waals surface area contributed by atoms with Gasteiger partial charge in [-0.3, -0.25) is 4.79 Å². The zero-order chi connectivity index (χ0) is 12.2. The fourth-order valence-electron chi connectivity index (χ4n) is 0.933. The number of nitrogens with one attached hydrogen (secondary N) is 2. The fraction of sp³-hybridized carbons (Fsp3) is 0.778. The van der Waals surface area contributed by atoms with Crippen molar-refractivity contribution >= 4 is 12.0 Å². The topological polar surface area (TPSA) is 103 Å². The summed E-state index contributed by atoms with van der Waals surface area (Å²) in [5.41, 5.74) is 4.75. The molecule has 4 N–H and O–H groups in total. The lowest BCUT2D eigenvalue weighted by Gasteiger charge is -2.06. The molecule has 0 saturated heterocycles. The third-order valence-corrected chi connectivity index (χ3v) is 1.66. The van der Waals surface area contributed by atoms with Gasteiger partial charge in [-0.1, -0.05) is 0 Å². The molecule has 0 aromatic carbocycles. The molecule has 0 saturated carbocycles. The van der Waals surface area contributed by atoms with E-state index in [1.54, 1.807) is 7.11 Å². The van der Waals surface area contributed by atoms with Crippen LogP contribution in [0.4, 0.5) is 4.79 Å². The molecule has 7 heteroatoms. The van der Waals surface area contributed by atoms with Gasteiger partial charge in [0.15, 0.2) is 0 Å². The van der Waals surface area contributed by atoms with Crippen molar-refractivity contribution in [1.82, 2.24) is 10.6 Å². The van der Waals surface area contributed by atoms with Crippen molar-refractivity contribution in [3.05, 3.63) is 0 Å². The first-order valence-electron chi connectivity index (χ1n) is 5.05. The summed E-state index contributed by atoms with van der Waals surface area (Å²) in [5.74, 6) is -0.102. The van der Waals surface area contributed by atoms with E-state index in [1.807, 2.05) is 0 Å². The van der Waals surface area contributed by atoms with Crippen molar-refractivity contribution in [3.8, 4) is 0 Å². The molecule has 7 nitrogen and oxygen atoms in total. The molecule has 0 aliphatic carbocycles. The van der Waals surface area contributed by atoms with E-state index in [9.17, 15) is 9.59 Å². The first-order chi connectivity index (χ1) is 7.66. The largest absolute Gasteiger partial charge is 0.448 e. The Morgan fingerprint density at radius 2 is 2.00 bits per heavy atom. The van der Waals surface area contributed by atoms with Crippen molar-refractivity contribution in [2.24, 2.45) is 5.73 Å². The maximum absolute atomic E-state index is 11.2. The van der Waals surface area contributed by atoms with Crippen LogP contribution in [0.15, 0.2) is 0 Å². The molecule has 0 aromatic rings. The number of methoxy groups -OCH3 is 1. The molecule has 0 bridgehead atoms. The Hall–Kier alpha value is -1.34. The predicted molar refractivity (Wildman–Crippen MR) is 57.9 cm³/mol. The van der Waals surface area contributed by atoms with Crippen LogP contribution in [-0.4, -0.2) is 52.0 Å². The molecule has 0 radical (unpaired) electrons. The van der Waals surface area contributed by atoms with Crippen molar-refractivity contribution in [2.75, 3.05) is 40.0 Å². The molecule has 0 heterocycles. The number of ether oxygens (including phenoxy) is 2. The van der Waals surface area contributed by atoms with Crippen molar-refractivity contribution in [3.63, 3.8) is 0 Å². The summed E-state index contributed by atoms with van der Waals surface area (Å²) in [4.78, 5) is 21.3. The molecule has 0 unspecified atom stereocenters. The summed E-state index contributed by atoms with van der Waals surface area (Å²) in [5, 5.41) is 5.51. The average Bonchev–Trinajstić information content (AvgIpc) is 2.23. The Balaban J connectivity index is 3.20. The van der Waals surface area contributed by atoms with Gasteiger partial charge < -0.3 is 25.8 Å². The van der Waals surface area contributed by atoms with Gasteiger partial charge in [0.2, 0.25) is 5.91 Å². The molecule has 0 rings (SSSR count). The highest BCUT2D eigenvalue weighted by molar-refractivity contribution is 5.77. The molecule has 0 aliphatic rings. The highest BCUT2D eigenvalue weighted by atomic mass is 16.5. The van der Waals surface area contributed by atoms with Crippen LogP contribution in [0.3, 0.4) is 0 Å². The summed E-state index contributed by atoms with van der Waals surface area (Å²) in [7, 11) is 1.61. The second-order valence-corrected chi connectivity index (χ2v) is 3.04. The van der Waals surface area contributed by atoms with E-state index in [-0.39, 0.29) is 19.1 Å². The van der Waals surface area contributed by atoms with Crippen LogP contribution in [0, 0.1) is 0 Å². The molecular formula is C9H19N3O4. The number of hydrogen-bond acceptors (Lipinski definition) is 5. The van der Waals surface area contributed by atoms with Crippen molar-refractivity contribution < 1.29 is 19.1 Å². The number of carbonyl (C=O) groups excluding carboxylic acids is 2. The summed E-state index contributed by atoms with van der Waals surface area (Å²) >= 11 is 0. The molecule has 0 atom stereocenters. The summed E-state index contributed by atoms with van der Waals surface area (Å²) in [6.07, 6.45) is -0.0293. The lowest BCUT2D eigenvalue weighted by Crippen LogP contribution is -2.36. The third-order valence-electron chi connectivity index (χ3n) is 1.66. The van der Waals surface area contributed by atoms with E-state index in [1.165, 1.54) is 0 Å². The van der Waals surface area contributed by atoms with Gasteiger partial charge in [0.05, 0.1) is 6.54 Å². The first-order valence-corrected chi connectivity index (χ1v) is 5.05. The molecular weight excluding hydrogens is 214 g/mol. The van der Waals surface area contributed by atoms with Gasteiger partial charge in [0.25, 0.3) is 0 Å². The lowest BCUT2D eigenvalue weighted by molar-refractivity contribution is -0.120. The molecule has 0 spiro atoms. The standard InChI is InChI=1S/C9H19N3O4/c1-15-5-2-3-12-8(13)7-11-4-6-16-9(10)14/h11H,2-7H2,1H3,(H2,10,14)(H,12,13). The summed E-state index contributed by atoms with van der Waals surface area (Å²) in [6, 6.07) is 0. The minimum atomic E-state index is -0.814. The van der Waals surface area contributed by atoms with E-state index in [0.717, 1.165) is 6.42 Å². The molecule has 0 aromatic heterocycles. The van der Waals surface area contributed by atoms with Crippen LogP contribution in [-0.2, 0) is 14.3 Å². The van der Waals surface area contributed by atoms with E-state index in [2.05, 4.69) is 15.4 Å². The van der Waals surface area contributed by atoms with Crippen molar-refractivity contribution in [1.29, 1.82) is 0 Å². The smallest absolute Gasteiger partial charge is 0.404 e. The Bertz CT molecular complexity index is 211. The van der Waals surface area contributed by atoms with Gasteiger partial charge >= 0.3 is 6.09 Å². The number of nitrogens with two attached hydrogens (primary N) is 1. The van der Waals surface area contributed by atoms with E-state index in [4.69, 9.17) is 10.5 Å². The number of primary amides is 1. The zero-order valence-corrected chi connectivity index (χ0v) is 9.45. The molecule has 2 amide bonds. The normalized spacial score (nSPS) is 9.81. The monoisotopic (exact) mass is 233 g/mol. The maximum atomic E-state index is 11.2. The number of rotatable bonds is 9. The molecule has 0 aliphatic heterocycles. The first kappa shape index (κ1) is 14.7. The fourth-order valence-corrected chi connectivity index (χ4v) is 0.933. The van der Waals surface area contributed by atoms with Gasteiger partial charge in [-0.25, -0.2) is 4.79 Å². The molecule has 0 fully saturated rings. The van der Waals surface area contributed by atoms with Crippen LogP contribution >= 0.6 is 0 Å². The average molecular weight is 233 g/mol. The van der Waals surface area contributed by atoms with Crippen LogP contribution in [0.2, 0.25) is 0 Å². The zero-order valence-electron chi connectivity index (χ0n) is 9.45. The maximum Gasteiger partial charge on any atom is 0.404 e. The van der Waals surface area contributed by atoms with Gasteiger partial charge in [0, 0.05) is 26.8 Å². The second kappa shape index (κ2) is 10.2. The van der Waals surface area contributed by atoms with Crippen LogP contribution in [0.1, 0.15) is 6.42 Å². The van der Waals surface area contributed by atoms with Gasteiger partial charge in [0.1, 0.15) is 6.61 Å². The Morgan fingerprint density at radius 3 is 2.62 bits per heavy atom. The SMILES string of the molecule is COCCCNC(=O)CNCCOC(N)=O. The number of amides is 2. The van der Waals surface area contributed by atoms with E-state index in [0.29, 0.717) is 19.7 Å². The highest BCUT2D eigenvalue weighted by Crippen LogP contribution is 1.77. The van der Waals surface area contributed by atoms with Crippen LogP contribution < -0.4 is 16.4 Å². The van der Waals surface area contributed by atoms with E-state index < -0.39 is 6.09 Å². The number of hydrogen-bond donors (Lipinski definition) is 3. The van der Waals surface area contributed by atoms with Gasteiger partial charge in [-0.05, 0) is 6.42 Å². The lowest BCUT2D eigenvalue weighted by atomic mass is 10.4. The quantitative estimate of drug-likeness (QED) is 0.435. The Kier molecular flexibility index (Phi) is 9.33. The van der Waals surface area contributed by atoms with E-state index >= 15 is 0 Å². The van der Waals surface area contributed by atoms with Crippen LogP contribution in [0.25, 0.3) is 0 Å².